The number of carbonyl (C=O) groups excluding carboxylic acids is 2. The summed E-state index contributed by atoms with van der Waals surface area (Å²) in [4.78, 5) is 36.6. The summed E-state index contributed by atoms with van der Waals surface area (Å²) in [5.74, 6) is -0.306. The van der Waals surface area contributed by atoms with Crippen molar-refractivity contribution in [1.82, 2.24) is 14.9 Å². The predicted octanol–water partition coefficient (Wildman–Crippen LogP) is 7.02. The van der Waals surface area contributed by atoms with Crippen LogP contribution in [0.4, 0.5) is 16.3 Å². The third-order valence-electron chi connectivity index (χ3n) is 8.07. The number of nitrogen functional groups attached to an aromatic ring is 1. The van der Waals surface area contributed by atoms with Gasteiger partial charge >= 0.3 is 6.09 Å². The van der Waals surface area contributed by atoms with Crippen LogP contribution in [0.1, 0.15) is 103 Å². The van der Waals surface area contributed by atoms with Crippen LogP contribution in [0.3, 0.4) is 0 Å². The summed E-state index contributed by atoms with van der Waals surface area (Å²) in [6, 6.07) is 11.4. The minimum atomic E-state index is -3.78. The number of benzene rings is 2. The Morgan fingerprint density at radius 1 is 1.10 bits per heavy atom. The van der Waals surface area contributed by atoms with Gasteiger partial charge in [0.25, 0.3) is 5.91 Å². The fourth-order valence-electron chi connectivity index (χ4n) is 5.44. The second kappa shape index (κ2) is 17.1. The number of sulfone groups is 1. The molecule has 2 amide bonds. The molecule has 0 aliphatic carbocycles. The zero-order valence-corrected chi connectivity index (χ0v) is 31.4. The van der Waals surface area contributed by atoms with Gasteiger partial charge in [-0.05, 0) is 72.1 Å². The predicted molar refractivity (Wildman–Crippen MR) is 196 cm³/mol. The number of anilines is 2. The van der Waals surface area contributed by atoms with Crippen molar-refractivity contribution in [2.75, 3.05) is 24.7 Å². The molecule has 2 aromatic carbocycles. The highest BCUT2D eigenvalue weighted by molar-refractivity contribution is 7.92. The molecule has 2 aliphatic heterocycles. The molecule has 4 bridgehead atoms. The highest BCUT2D eigenvalue weighted by Crippen LogP contribution is 2.34. The first-order valence-corrected chi connectivity index (χ1v) is 18.6. The molecule has 0 saturated carbocycles. The van der Waals surface area contributed by atoms with Gasteiger partial charge in [0, 0.05) is 18.2 Å². The van der Waals surface area contributed by atoms with Gasteiger partial charge in [0.15, 0.2) is 21.3 Å². The number of rotatable bonds is 2. The van der Waals surface area contributed by atoms with Crippen molar-refractivity contribution < 1.29 is 32.6 Å². The Morgan fingerprint density at radius 2 is 1.76 bits per heavy atom. The Bertz CT molecular complexity index is 1720. The van der Waals surface area contributed by atoms with Crippen LogP contribution in [0.15, 0.2) is 53.6 Å². The number of para-hydroxylation sites is 1. The first kappa shape index (κ1) is 40.2. The van der Waals surface area contributed by atoms with Crippen molar-refractivity contribution in [1.29, 1.82) is 0 Å². The van der Waals surface area contributed by atoms with Crippen molar-refractivity contribution in [2.24, 2.45) is 0 Å². The molecular weight excluding hydrogens is 659 g/mol. The van der Waals surface area contributed by atoms with E-state index < -0.39 is 38.3 Å². The molecule has 5 rings (SSSR count). The maximum absolute atomic E-state index is 13.6. The van der Waals surface area contributed by atoms with E-state index >= 15 is 0 Å². The molecule has 4 N–H and O–H groups in total. The number of nitrogens with two attached hydrogens (primary N) is 1. The zero-order valence-electron chi connectivity index (χ0n) is 30.6. The molecule has 0 saturated heterocycles. The Morgan fingerprint density at radius 3 is 2.42 bits per heavy atom. The van der Waals surface area contributed by atoms with Crippen LogP contribution in [-0.2, 0) is 21.1 Å². The van der Waals surface area contributed by atoms with Gasteiger partial charge in [-0.2, -0.15) is 0 Å². The number of hydrogen-bond donors (Lipinski definition) is 3. The summed E-state index contributed by atoms with van der Waals surface area (Å²) in [7, 11) is -2.15. The van der Waals surface area contributed by atoms with Gasteiger partial charge in [0.05, 0.1) is 46.5 Å². The number of aromatic nitrogens is 2. The van der Waals surface area contributed by atoms with Crippen molar-refractivity contribution in [2.45, 2.75) is 115 Å². The number of ether oxygens (including phenoxy) is 2. The van der Waals surface area contributed by atoms with Crippen molar-refractivity contribution in [3.8, 4) is 17.0 Å². The lowest BCUT2D eigenvalue weighted by Gasteiger charge is -2.27. The first-order chi connectivity index (χ1) is 23.5. The number of hydrogen-bond acceptors (Lipinski definition) is 10. The third kappa shape index (κ3) is 10.4. The van der Waals surface area contributed by atoms with Crippen LogP contribution >= 0.6 is 0 Å². The van der Waals surface area contributed by atoms with E-state index in [2.05, 4.69) is 15.3 Å². The quantitative estimate of drug-likeness (QED) is 0.251. The van der Waals surface area contributed by atoms with Gasteiger partial charge in [0.2, 0.25) is 0 Å². The van der Waals surface area contributed by atoms with Gasteiger partial charge < -0.3 is 30.5 Å². The van der Waals surface area contributed by atoms with Gasteiger partial charge in [-0.1, -0.05) is 57.4 Å². The molecule has 50 heavy (non-hydrogen) atoms. The van der Waals surface area contributed by atoms with Crippen molar-refractivity contribution in [3.05, 3.63) is 59.9 Å². The molecule has 12 nitrogen and oxygen atoms in total. The van der Waals surface area contributed by atoms with E-state index in [4.69, 9.17) is 15.2 Å². The average Bonchev–Trinajstić information content (AvgIpc) is 3.05. The Hall–Kier alpha value is -4.23. The maximum Gasteiger partial charge on any atom is 0.410 e. The molecule has 3 aromatic rings. The van der Waals surface area contributed by atoms with Crippen LogP contribution in [-0.4, -0.2) is 70.5 Å². The lowest BCUT2D eigenvalue weighted by atomic mass is 10.00. The monoisotopic (exact) mass is 711 g/mol. The molecule has 1 aromatic heterocycles. The number of nitrogens with one attached hydrogen (secondary N) is 1. The number of fused-ring (bicyclic) bond motifs is 13. The Labute approximate surface area is 296 Å². The normalized spacial score (nSPS) is 18.0. The van der Waals surface area contributed by atoms with Crippen LogP contribution in [0.25, 0.3) is 11.3 Å². The lowest BCUT2D eigenvalue weighted by molar-refractivity contribution is 0.0284. The molecular formula is C37H53N5O7S. The number of carbonyl (C=O) groups is 2. The van der Waals surface area contributed by atoms with Crippen LogP contribution in [0.2, 0.25) is 0 Å². The van der Waals surface area contributed by atoms with Crippen LogP contribution in [0, 0.1) is 0 Å². The lowest BCUT2D eigenvalue weighted by Crippen LogP contribution is -2.36. The summed E-state index contributed by atoms with van der Waals surface area (Å²) < 4.78 is 37.7. The molecule has 13 heteroatoms. The van der Waals surface area contributed by atoms with Gasteiger partial charge in [-0.15, -0.1) is 0 Å². The van der Waals surface area contributed by atoms with E-state index in [1.54, 1.807) is 65.9 Å². The molecule has 0 spiro atoms. The van der Waals surface area contributed by atoms with E-state index in [9.17, 15) is 23.1 Å². The number of amides is 2. The zero-order chi connectivity index (χ0) is 37.3. The van der Waals surface area contributed by atoms with Gasteiger partial charge in [0.1, 0.15) is 11.4 Å². The van der Waals surface area contributed by atoms with Gasteiger partial charge in [-0.3, -0.25) is 4.79 Å². The van der Waals surface area contributed by atoms with Crippen LogP contribution < -0.4 is 15.8 Å². The number of nitrogens with zero attached hydrogens (tertiary/aromatic N) is 3. The molecule has 0 fully saturated rings. The Balaban J connectivity index is 0.00000332. The number of aliphatic hydroxyl groups excluding tert-OH is 1. The average molecular weight is 712 g/mol. The van der Waals surface area contributed by atoms with E-state index in [1.807, 2.05) is 19.9 Å². The van der Waals surface area contributed by atoms with Crippen molar-refractivity contribution in [3.63, 3.8) is 0 Å². The third-order valence-corrected chi connectivity index (χ3v) is 10.6. The smallest absolute Gasteiger partial charge is 0.410 e. The van der Waals surface area contributed by atoms with Gasteiger partial charge in [-0.25, -0.2) is 23.2 Å². The standard InChI is InChI=1S/C35H47N5O7S.C2H6/c1-34(2,3)47-33(43)40(6)22-24-12-11-14-27-30(24)46-19-10-8-7-9-13-25(41)20-35(4,5)48(44,45)26-17-15-23(16-18-26)28-21-37-31(36)29(38-28)32(42)39-27;1-2/h11-12,14-18,21,25,41H,7-10,13,19-20,22H2,1-6H3,(H2,36,37)(H,39,42);1-2H3. The number of aliphatic hydroxyl groups is 1. The van der Waals surface area contributed by atoms with Crippen LogP contribution in [0.5, 0.6) is 5.75 Å². The Kier molecular flexibility index (Phi) is 13.8. The molecule has 274 valence electrons. The van der Waals surface area contributed by atoms with Crippen molar-refractivity contribution >= 4 is 33.3 Å². The second-order valence-corrected chi connectivity index (χ2v) is 16.4. The molecule has 1 atom stereocenters. The summed E-state index contributed by atoms with van der Waals surface area (Å²) in [5, 5.41) is 13.6. The molecule has 3 heterocycles. The molecule has 2 aliphatic rings. The SMILES string of the molecule is CC.CN(Cc1cccc2c1OCCCCCCC(O)CC(C)(C)S(=O)(=O)c1ccc(cc1)-c1cnc(N)c(n1)C(=O)N2)C(=O)OC(C)(C)C. The molecule has 0 radical (unpaired) electrons. The maximum atomic E-state index is 13.6. The first-order valence-electron chi connectivity index (χ1n) is 17.1. The minimum absolute atomic E-state index is 0.0894. The highest BCUT2D eigenvalue weighted by Gasteiger charge is 2.37. The largest absolute Gasteiger partial charge is 0.491 e. The van der Waals surface area contributed by atoms with E-state index in [0.29, 0.717) is 47.7 Å². The summed E-state index contributed by atoms with van der Waals surface area (Å²) >= 11 is 0. The fraction of sp³-hybridized carbons (Fsp3) is 0.514. The van der Waals surface area contributed by atoms with E-state index in [0.717, 1.165) is 19.3 Å². The summed E-state index contributed by atoms with van der Waals surface area (Å²) in [5.41, 5.74) is 7.19. The van der Waals surface area contributed by atoms with E-state index in [-0.39, 0.29) is 29.4 Å². The summed E-state index contributed by atoms with van der Waals surface area (Å²) in [6.45, 7) is 13.1. The van der Waals surface area contributed by atoms with E-state index in [1.165, 1.54) is 23.2 Å². The second-order valence-electron chi connectivity index (χ2n) is 13.8. The fourth-order valence-corrected chi connectivity index (χ4v) is 6.98. The minimum Gasteiger partial charge on any atom is -0.491 e. The molecule has 1 unspecified atom stereocenters. The topological polar surface area (TPSA) is 174 Å². The highest BCUT2D eigenvalue weighted by atomic mass is 32.2. The summed E-state index contributed by atoms with van der Waals surface area (Å²) in [6.07, 6.45) is 3.75.